The van der Waals surface area contributed by atoms with Gasteiger partial charge in [0.15, 0.2) is 5.66 Å². The topological polar surface area (TPSA) is 109 Å². The molecule has 7 heteroatoms. The van der Waals surface area contributed by atoms with Crippen molar-refractivity contribution in [2.75, 3.05) is 0 Å². The van der Waals surface area contributed by atoms with Gasteiger partial charge in [0.2, 0.25) is 11.9 Å². The molecule has 1 aromatic rings. The number of hydrogen-bond acceptors (Lipinski definition) is 7. The fourth-order valence-corrected chi connectivity index (χ4v) is 1.90. The molecule has 2 rings (SSSR count). The van der Waals surface area contributed by atoms with E-state index in [1.54, 1.807) is 0 Å². The molecule has 7 nitrogen and oxygen atoms in total. The molecule has 5 N–H and O–H groups in total. The summed E-state index contributed by atoms with van der Waals surface area (Å²) in [6.45, 7) is 4.00. The first kappa shape index (κ1) is 14.3. The summed E-state index contributed by atoms with van der Waals surface area (Å²) in [6, 6.07) is 7.45. The molecular weight excluding hydrogens is 258 g/mol. The van der Waals surface area contributed by atoms with Gasteiger partial charge >= 0.3 is 0 Å². The fourth-order valence-electron chi connectivity index (χ4n) is 1.90. The second-order valence-corrected chi connectivity index (χ2v) is 4.98. The van der Waals surface area contributed by atoms with Crippen LogP contribution in [0, 0.1) is 0 Å². The number of rotatable bonds is 4. The second-order valence-electron chi connectivity index (χ2n) is 4.98. The lowest BCUT2D eigenvalue weighted by atomic mass is 10.1. The Bertz CT molecular complexity index is 536. The molecule has 0 bridgehead atoms. The van der Waals surface area contributed by atoms with Gasteiger partial charge in [0.1, 0.15) is 6.61 Å². The summed E-state index contributed by atoms with van der Waals surface area (Å²) in [5.74, 6) is 0.314. The highest BCUT2D eigenvalue weighted by molar-refractivity contribution is 5.95. The van der Waals surface area contributed by atoms with Gasteiger partial charge in [-0.1, -0.05) is 24.3 Å². The van der Waals surface area contributed by atoms with Crippen molar-refractivity contribution in [1.82, 2.24) is 5.06 Å². The summed E-state index contributed by atoms with van der Waals surface area (Å²) in [5, 5.41) is 10.4. The van der Waals surface area contributed by atoms with Crippen LogP contribution in [0.3, 0.4) is 0 Å². The van der Waals surface area contributed by atoms with Crippen LogP contribution in [0.4, 0.5) is 0 Å². The Labute approximate surface area is 117 Å². The first-order valence-corrected chi connectivity index (χ1v) is 6.23. The number of hydroxylamine groups is 2. The Morgan fingerprint density at radius 3 is 2.35 bits per heavy atom. The van der Waals surface area contributed by atoms with Crippen molar-refractivity contribution in [3.8, 4) is 0 Å². The molecule has 0 fully saturated rings. The maximum absolute atomic E-state index is 8.99. The SMILES string of the molecule is CC1(C)N=C(N)N=C(N)N1OCc1ccc(CO)cc1. The van der Waals surface area contributed by atoms with Gasteiger partial charge in [-0.05, 0) is 25.0 Å². The van der Waals surface area contributed by atoms with Gasteiger partial charge in [-0.15, -0.1) is 0 Å². The monoisotopic (exact) mass is 277 g/mol. The summed E-state index contributed by atoms with van der Waals surface area (Å²) in [4.78, 5) is 13.7. The lowest BCUT2D eigenvalue weighted by Gasteiger charge is -2.36. The third kappa shape index (κ3) is 3.06. The molecule has 1 aliphatic heterocycles. The maximum Gasteiger partial charge on any atom is 0.226 e. The van der Waals surface area contributed by atoms with Gasteiger partial charge in [0, 0.05) is 0 Å². The van der Waals surface area contributed by atoms with E-state index < -0.39 is 5.66 Å². The average molecular weight is 277 g/mol. The van der Waals surface area contributed by atoms with Gasteiger partial charge in [-0.2, -0.15) is 10.1 Å². The molecule has 0 aliphatic carbocycles. The van der Waals surface area contributed by atoms with E-state index in [9.17, 15) is 0 Å². The normalized spacial score (nSPS) is 17.6. The number of guanidine groups is 2. The number of aliphatic hydroxyl groups excluding tert-OH is 1. The largest absolute Gasteiger partial charge is 0.392 e. The van der Waals surface area contributed by atoms with Gasteiger partial charge in [0.05, 0.1) is 6.61 Å². The number of aliphatic hydroxyl groups is 1. The van der Waals surface area contributed by atoms with Crippen molar-refractivity contribution in [3.05, 3.63) is 35.4 Å². The third-order valence-electron chi connectivity index (χ3n) is 2.89. The highest BCUT2D eigenvalue weighted by atomic mass is 16.7. The van der Waals surface area contributed by atoms with Crippen molar-refractivity contribution in [2.45, 2.75) is 32.7 Å². The Balaban J connectivity index is 2.04. The first-order valence-electron chi connectivity index (χ1n) is 6.23. The molecule has 1 aromatic carbocycles. The zero-order valence-electron chi connectivity index (χ0n) is 11.6. The lowest BCUT2D eigenvalue weighted by Crippen LogP contribution is -2.53. The molecule has 0 radical (unpaired) electrons. The van der Waals surface area contributed by atoms with E-state index in [1.807, 2.05) is 38.1 Å². The highest BCUT2D eigenvalue weighted by Crippen LogP contribution is 2.20. The van der Waals surface area contributed by atoms with E-state index in [2.05, 4.69) is 9.98 Å². The van der Waals surface area contributed by atoms with Crippen LogP contribution in [-0.2, 0) is 18.1 Å². The fraction of sp³-hybridized carbons (Fsp3) is 0.385. The van der Waals surface area contributed by atoms with E-state index in [-0.39, 0.29) is 18.5 Å². The molecule has 0 saturated carbocycles. The summed E-state index contributed by atoms with van der Waals surface area (Å²) in [5.41, 5.74) is 12.5. The van der Waals surface area contributed by atoms with Crippen LogP contribution in [0.2, 0.25) is 0 Å². The molecule has 1 aliphatic rings. The highest BCUT2D eigenvalue weighted by Gasteiger charge is 2.33. The van der Waals surface area contributed by atoms with Crippen LogP contribution in [-0.4, -0.2) is 27.8 Å². The predicted molar refractivity (Wildman–Crippen MR) is 76.3 cm³/mol. The average Bonchev–Trinajstić information content (AvgIpc) is 2.37. The van der Waals surface area contributed by atoms with Crippen molar-refractivity contribution in [3.63, 3.8) is 0 Å². The zero-order chi connectivity index (χ0) is 14.8. The maximum atomic E-state index is 8.99. The van der Waals surface area contributed by atoms with Gasteiger partial charge < -0.3 is 16.6 Å². The van der Waals surface area contributed by atoms with Crippen molar-refractivity contribution >= 4 is 11.9 Å². The summed E-state index contributed by atoms with van der Waals surface area (Å²) >= 11 is 0. The van der Waals surface area contributed by atoms with Crippen LogP contribution in [0.25, 0.3) is 0 Å². The standard InChI is InChI=1S/C13H19N5O2/c1-13(2)17-11(14)16-12(15)18(13)20-8-10-5-3-9(7-19)4-6-10/h3-6,19H,7-8H2,1-2H3,(H4,14,15,16,17). The Kier molecular flexibility index (Phi) is 3.91. The number of nitrogens with two attached hydrogens (primary N) is 2. The zero-order valence-corrected chi connectivity index (χ0v) is 11.6. The van der Waals surface area contributed by atoms with Gasteiger partial charge in [-0.3, -0.25) is 4.84 Å². The molecule has 0 amide bonds. The first-order chi connectivity index (χ1) is 9.42. The molecule has 0 spiro atoms. The van der Waals surface area contributed by atoms with Crippen molar-refractivity contribution in [1.29, 1.82) is 0 Å². The van der Waals surface area contributed by atoms with Crippen LogP contribution in [0.15, 0.2) is 34.3 Å². The third-order valence-corrected chi connectivity index (χ3v) is 2.89. The van der Waals surface area contributed by atoms with E-state index in [0.29, 0.717) is 6.61 Å². The number of benzene rings is 1. The van der Waals surface area contributed by atoms with E-state index in [0.717, 1.165) is 11.1 Å². The van der Waals surface area contributed by atoms with Gasteiger partial charge in [-0.25, -0.2) is 4.99 Å². The molecule has 0 unspecified atom stereocenters. The quantitative estimate of drug-likeness (QED) is 0.733. The van der Waals surface area contributed by atoms with Crippen molar-refractivity contribution in [2.24, 2.45) is 21.5 Å². The lowest BCUT2D eigenvalue weighted by molar-refractivity contribution is -0.166. The number of aliphatic imine (C=N–C) groups is 2. The summed E-state index contributed by atoms with van der Waals surface area (Å²) in [7, 11) is 0. The Hall–Kier alpha value is -2.12. The number of nitrogens with zero attached hydrogens (tertiary/aromatic N) is 3. The molecule has 0 aromatic heterocycles. The Morgan fingerprint density at radius 1 is 1.20 bits per heavy atom. The minimum absolute atomic E-state index is 0.0217. The molecular formula is C13H19N5O2. The van der Waals surface area contributed by atoms with Crippen molar-refractivity contribution < 1.29 is 9.94 Å². The minimum atomic E-state index is -0.707. The number of hydrogen-bond donors (Lipinski definition) is 3. The van der Waals surface area contributed by atoms with Crippen LogP contribution in [0.1, 0.15) is 25.0 Å². The molecule has 108 valence electrons. The van der Waals surface area contributed by atoms with Crippen LogP contribution < -0.4 is 11.5 Å². The van der Waals surface area contributed by atoms with Crippen LogP contribution >= 0.6 is 0 Å². The molecule has 20 heavy (non-hydrogen) atoms. The van der Waals surface area contributed by atoms with Gasteiger partial charge in [0.25, 0.3) is 0 Å². The second kappa shape index (κ2) is 5.48. The van der Waals surface area contributed by atoms with E-state index in [4.69, 9.17) is 21.4 Å². The molecule has 0 atom stereocenters. The summed E-state index contributed by atoms with van der Waals surface area (Å²) in [6.07, 6.45) is 0. The predicted octanol–water partition coefficient (Wildman–Crippen LogP) is 0.292. The van der Waals surface area contributed by atoms with Crippen LogP contribution in [0.5, 0.6) is 0 Å². The smallest absolute Gasteiger partial charge is 0.226 e. The van der Waals surface area contributed by atoms with E-state index >= 15 is 0 Å². The van der Waals surface area contributed by atoms with E-state index in [1.165, 1.54) is 5.06 Å². The molecule has 1 heterocycles. The molecule has 0 saturated heterocycles. The minimum Gasteiger partial charge on any atom is -0.392 e. The summed E-state index contributed by atoms with van der Waals surface area (Å²) < 4.78 is 0. The Morgan fingerprint density at radius 2 is 1.80 bits per heavy atom.